The van der Waals surface area contributed by atoms with Crippen molar-refractivity contribution in [1.82, 2.24) is 0 Å². The van der Waals surface area contributed by atoms with Crippen molar-refractivity contribution < 1.29 is 18.7 Å². The van der Waals surface area contributed by atoms with Gasteiger partial charge in [-0.25, -0.2) is 4.39 Å². The number of rotatable bonds is 5. The van der Waals surface area contributed by atoms with E-state index in [1.807, 2.05) is 0 Å². The molecule has 0 spiro atoms. The second-order valence-corrected chi connectivity index (χ2v) is 3.57. The molecule has 0 aliphatic heterocycles. The van der Waals surface area contributed by atoms with E-state index in [-0.39, 0.29) is 18.6 Å². The SMILES string of the molecule is CCOC(=O)C(C#N)CC(=O)c1cccc(F)c1. The molecule has 0 radical (unpaired) electrons. The van der Waals surface area contributed by atoms with Crippen molar-refractivity contribution >= 4 is 11.8 Å². The molecule has 0 aromatic heterocycles. The number of halogens is 1. The molecule has 0 N–H and O–H groups in total. The number of hydrogen-bond acceptors (Lipinski definition) is 4. The topological polar surface area (TPSA) is 67.2 Å². The van der Waals surface area contributed by atoms with E-state index >= 15 is 0 Å². The van der Waals surface area contributed by atoms with E-state index in [4.69, 9.17) is 5.26 Å². The molecule has 0 bridgehead atoms. The number of hydrogen-bond donors (Lipinski definition) is 0. The second kappa shape index (κ2) is 6.50. The van der Waals surface area contributed by atoms with Gasteiger partial charge in [0.25, 0.3) is 0 Å². The first kappa shape index (κ1) is 13.8. The number of carbonyl (C=O) groups excluding carboxylic acids is 2. The summed E-state index contributed by atoms with van der Waals surface area (Å²) in [6.07, 6.45) is -0.307. The Morgan fingerprint density at radius 1 is 1.50 bits per heavy atom. The lowest BCUT2D eigenvalue weighted by Crippen LogP contribution is -2.19. The van der Waals surface area contributed by atoms with E-state index < -0.39 is 23.5 Å². The molecule has 1 atom stereocenters. The molecule has 0 heterocycles. The molecule has 18 heavy (non-hydrogen) atoms. The molecule has 0 saturated carbocycles. The van der Waals surface area contributed by atoms with Crippen LogP contribution in [-0.2, 0) is 9.53 Å². The van der Waals surface area contributed by atoms with Gasteiger partial charge in [0.2, 0.25) is 0 Å². The Morgan fingerprint density at radius 2 is 2.22 bits per heavy atom. The Balaban J connectivity index is 2.74. The summed E-state index contributed by atoms with van der Waals surface area (Å²) in [6.45, 7) is 1.76. The Morgan fingerprint density at radius 3 is 2.78 bits per heavy atom. The molecule has 1 rings (SSSR count). The molecular weight excluding hydrogens is 237 g/mol. The van der Waals surface area contributed by atoms with Crippen LogP contribution in [0.25, 0.3) is 0 Å². The van der Waals surface area contributed by atoms with Crippen LogP contribution in [0, 0.1) is 23.1 Å². The molecule has 0 aliphatic rings. The molecule has 0 fully saturated rings. The van der Waals surface area contributed by atoms with Crippen LogP contribution in [0.5, 0.6) is 0 Å². The van der Waals surface area contributed by atoms with E-state index in [2.05, 4.69) is 4.74 Å². The maximum absolute atomic E-state index is 12.9. The van der Waals surface area contributed by atoms with Gasteiger partial charge in [-0.3, -0.25) is 9.59 Å². The molecule has 0 aliphatic carbocycles. The third-order valence-electron chi connectivity index (χ3n) is 2.26. The summed E-state index contributed by atoms with van der Waals surface area (Å²) < 4.78 is 17.6. The normalized spacial score (nSPS) is 11.4. The molecular formula is C13H12FNO3. The van der Waals surface area contributed by atoms with Crippen molar-refractivity contribution in [3.8, 4) is 6.07 Å². The molecule has 94 valence electrons. The van der Waals surface area contributed by atoms with Gasteiger partial charge in [0, 0.05) is 12.0 Å². The maximum atomic E-state index is 12.9. The van der Waals surface area contributed by atoms with Crippen LogP contribution < -0.4 is 0 Å². The highest BCUT2D eigenvalue weighted by Crippen LogP contribution is 2.12. The van der Waals surface area contributed by atoms with Gasteiger partial charge in [-0.1, -0.05) is 12.1 Å². The van der Waals surface area contributed by atoms with Crippen molar-refractivity contribution in [2.75, 3.05) is 6.61 Å². The predicted octanol–water partition coefficient (Wildman–Crippen LogP) is 2.10. The molecule has 1 aromatic carbocycles. The quantitative estimate of drug-likeness (QED) is 0.592. The van der Waals surface area contributed by atoms with Crippen molar-refractivity contribution in [1.29, 1.82) is 5.26 Å². The van der Waals surface area contributed by atoms with Crippen LogP contribution in [-0.4, -0.2) is 18.4 Å². The summed E-state index contributed by atoms with van der Waals surface area (Å²) >= 11 is 0. The van der Waals surface area contributed by atoms with Crippen LogP contribution >= 0.6 is 0 Å². The predicted molar refractivity (Wildman–Crippen MR) is 61.1 cm³/mol. The number of nitriles is 1. The smallest absolute Gasteiger partial charge is 0.323 e. The van der Waals surface area contributed by atoms with Crippen molar-refractivity contribution in [2.24, 2.45) is 5.92 Å². The number of carbonyl (C=O) groups is 2. The third-order valence-corrected chi connectivity index (χ3v) is 2.26. The molecule has 1 unspecified atom stereocenters. The first-order valence-electron chi connectivity index (χ1n) is 5.43. The first-order chi connectivity index (χ1) is 8.58. The fraction of sp³-hybridized carbons (Fsp3) is 0.308. The number of ketones is 1. The van der Waals surface area contributed by atoms with Crippen LogP contribution in [0.2, 0.25) is 0 Å². The summed E-state index contributed by atoms with van der Waals surface area (Å²) in [5.41, 5.74) is 0.138. The minimum atomic E-state index is -1.15. The monoisotopic (exact) mass is 249 g/mol. The summed E-state index contributed by atoms with van der Waals surface area (Å²) in [7, 11) is 0. The molecule has 0 saturated heterocycles. The van der Waals surface area contributed by atoms with Crippen LogP contribution in [0.15, 0.2) is 24.3 Å². The standard InChI is InChI=1S/C13H12FNO3/c1-2-18-13(17)10(8-15)7-12(16)9-4-3-5-11(14)6-9/h3-6,10H,2,7H2,1H3. The number of ether oxygens (including phenoxy) is 1. The van der Waals surface area contributed by atoms with Crippen LogP contribution in [0.3, 0.4) is 0 Å². The first-order valence-corrected chi connectivity index (χ1v) is 5.43. The molecule has 0 amide bonds. The average molecular weight is 249 g/mol. The van der Waals surface area contributed by atoms with Crippen molar-refractivity contribution in [3.63, 3.8) is 0 Å². The number of esters is 1. The summed E-state index contributed by atoms with van der Waals surface area (Å²) in [5, 5.41) is 8.80. The van der Waals surface area contributed by atoms with Crippen LogP contribution in [0.1, 0.15) is 23.7 Å². The summed E-state index contributed by atoms with van der Waals surface area (Å²) in [5.74, 6) is -2.88. The second-order valence-electron chi connectivity index (χ2n) is 3.57. The lowest BCUT2D eigenvalue weighted by molar-refractivity contribution is -0.145. The lowest BCUT2D eigenvalue weighted by atomic mass is 9.99. The zero-order valence-electron chi connectivity index (χ0n) is 9.85. The van der Waals surface area contributed by atoms with Gasteiger partial charge in [0.15, 0.2) is 11.7 Å². The van der Waals surface area contributed by atoms with Gasteiger partial charge >= 0.3 is 5.97 Å². The Labute approximate surface area is 104 Å². The Kier molecular flexibility index (Phi) is 5.00. The Bertz CT molecular complexity index is 493. The number of benzene rings is 1. The number of Topliss-reactive ketones (excluding diaryl/α,β-unsaturated/α-hetero) is 1. The lowest BCUT2D eigenvalue weighted by Gasteiger charge is -2.07. The number of nitrogens with zero attached hydrogens (tertiary/aromatic N) is 1. The highest BCUT2D eigenvalue weighted by atomic mass is 19.1. The van der Waals surface area contributed by atoms with E-state index in [0.29, 0.717) is 0 Å². The van der Waals surface area contributed by atoms with Gasteiger partial charge in [0.1, 0.15) is 5.82 Å². The summed E-state index contributed by atoms with van der Waals surface area (Å²) in [4.78, 5) is 23.1. The largest absolute Gasteiger partial charge is 0.465 e. The van der Waals surface area contributed by atoms with Crippen molar-refractivity contribution in [2.45, 2.75) is 13.3 Å². The average Bonchev–Trinajstić information content (AvgIpc) is 2.35. The molecule has 5 heteroatoms. The van der Waals surface area contributed by atoms with Crippen molar-refractivity contribution in [3.05, 3.63) is 35.6 Å². The van der Waals surface area contributed by atoms with Crippen LogP contribution in [0.4, 0.5) is 4.39 Å². The van der Waals surface area contributed by atoms with Gasteiger partial charge in [-0.15, -0.1) is 0 Å². The molecule has 4 nitrogen and oxygen atoms in total. The van der Waals surface area contributed by atoms with Gasteiger partial charge < -0.3 is 4.74 Å². The highest BCUT2D eigenvalue weighted by molar-refractivity contribution is 5.98. The van der Waals surface area contributed by atoms with E-state index in [1.54, 1.807) is 13.0 Å². The minimum Gasteiger partial charge on any atom is -0.465 e. The van der Waals surface area contributed by atoms with E-state index in [0.717, 1.165) is 6.07 Å². The zero-order chi connectivity index (χ0) is 13.5. The van der Waals surface area contributed by atoms with Gasteiger partial charge in [-0.2, -0.15) is 5.26 Å². The van der Waals surface area contributed by atoms with E-state index in [1.165, 1.54) is 18.2 Å². The summed E-state index contributed by atoms with van der Waals surface area (Å²) in [6, 6.07) is 6.83. The fourth-order valence-corrected chi connectivity index (χ4v) is 1.39. The fourth-order valence-electron chi connectivity index (χ4n) is 1.39. The van der Waals surface area contributed by atoms with Gasteiger partial charge in [-0.05, 0) is 19.1 Å². The minimum absolute atomic E-state index is 0.138. The van der Waals surface area contributed by atoms with Gasteiger partial charge in [0.05, 0.1) is 12.7 Å². The maximum Gasteiger partial charge on any atom is 0.323 e. The third kappa shape index (κ3) is 3.67. The van der Waals surface area contributed by atoms with E-state index in [9.17, 15) is 14.0 Å². The molecule has 1 aromatic rings. The highest BCUT2D eigenvalue weighted by Gasteiger charge is 2.23. The zero-order valence-corrected chi connectivity index (χ0v) is 9.85. The Hall–Kier alpha value is -2.22.